The number of ether oxygens (including phenoxy) is 2. The number of thiazole rings is 1. The van der Waals surface area contributed by atoms with Gasteiger partial charge >= 0.3 is 6.01 Å². The number of amides is 3. The summed E-state index contributed by atoms with van der Waals surface area (Å²) < 4.78 is 49.7. The summed E-state index contributed by atoms with van der Waals surface area (Å²) in [4.78, 5) is 62.6. The SMILES string of the molecule is C=C(F)C(=O)N1CCN(c2nc(OCCN3CCC(C)(COc4cc([C@H](C(=O)N5C[C@H](O)C[C@H]5C(=O)N[C@@H](C)c5ccc(-c6scnc6C)cc5)C(C)C)on4)CC3)nc3c(F)c(-c4cc(O)cc5ccccc45)c(Cl)cc23)C[C@@H]1CC#N. The number of β-amino-alcohol motifs (C(OH)–C–C–N with tert-alkyl or cyclic N) is 1. The van der Waals surface area contributed by atoms with Crippen LogP contribution in [-0.2, 0) is 14.4 Å². The molecule has 3 aliphatic rings. The van der Waals surface area contributed by atoms with Gasteiger partial charge in [0.1, 0.15) is 35.7 Å². The molecule has 434 valence electrons. The molecule has 4 aromatic carbocycles. The van der Waals surface area contributed by atoms with Crippen molar-refractivity contribution in [3.63, 3.8) is 0 Å². The van der Waals surface area contributed by atoms with Crippen LogP contribution in [0, 0.1) is 35.4 Å². The van der Waals surface area contributed by atoms with Crippen molar-refractivity contribution in [3.8, 4) is 45.3 Å². The number of aromatic nitrogens is 4. The Morgan fingerprint density at radius 1 is 1.00 bits per heavy atom. The van der Waals surface area contributed by atoms with E-state index in [1.165, 1.54) is 15.9 Å². The predicted molar refractivity (Wildman–Crippen MR) is 311 cm³/mol. The van der Waals surface area contributed by atoms with Crippen molar-refractivity contribution >= 4 is 68.2 Å². The van der Waals surface area contributed by atoms with Crippen molar-refractivity contribution in [1.29, 1.82) is 5.26 Å². The van der Waals surface area contributed by atoms with E-state index in [2.05, 4.69) is 44.9 Å². The number of nitrogens with one attached hydrogen (secondary N) is 1. The van der Waals surface area contributed by atoms with Gasteiger partial charge in [-0.25, -0.2) is 13.8 Å². The second kappa shape index (κ2) is 24.6. The van der Waals surface area contributed by atoms with Gasteiger partial charge in [-0.15, -0.1) is 11.3 Å². The molecule has 3 aromatic heterocycles. The van der Waals surface area contributed by atoms with E-state index in [4.69, 9.17) is 30.6 Å². The average molecular weight is 1170 g/mol. The Kier molecular flexibility index (Phi) is 17.3. The lowest BCUT2D eigenvalue weighted by molar-refractivity contribution is -0.141. The van der Waals surface area contributed by atoms with Crippen LogP contribution in [-0.4, -0.2) is 140 Å². The van der Waals surface area contributed by atoms with Gasteiger partial charge < -0.3 is 44.2 Å². The highest BCUT2D eigenvalue weighted by Gasteiger charge is 2.44. The smallest absolute Gasteiger partial charge is 0.319 e. The summed E-state index contributed by atoms with van der Waals surface area (Å²) in [6.07, 6.45) is 0.621. The Hall–Kier alpha value is -7.77. The number of halogens is 3. The first-order chi connectivity index (χ1) is 39.8. The van der Waals surface area contributed by atoms with Gasteiger partial charge in [0.25, 0.3) is 11.8 Å². The number of benzene rings is 4. The third kappa shape index (κ3) is 12.5. The number of likely N-dealkylation sites (tertiary alicyclic amines) is 2. The number of carbonyl (C=O) groups excluding carboxylic acids is 3. The fourth-order valence-corrected chi connectivity index (χ4v) is 12.6. The number of piperidine rings is 1. The average Bonchev–Trinajstić information content (AvgIpc) is 3.68. The molecule has 10 rings (SSSR count). The van der Waals surface area contributed by atoms with Crippen molar-refractivity contribution < 1.29 is 47.4 Å². The third-order valence-electron chi connectivity index (χ3n) is 16.2. The summed E-state index contributed by atoms with van der Waals surface area (Å²) in [6.45, 7) is 15.5. The van der Waals surface area contributed by atoms with Gasteiger partial charge in [-0.05, 0) is 96.5 Å². The van der Waals surface area contributed by atoms with Crippen LogP contribution in [0.25, 0.3) is 43.2 Å². The molecular formula is C61H65ClF2N10O8S. The molecule has 3 N–H and O–H groups in total. The van der Waals surface area contributed by atoms with E-state index in [9.17, 15) is 34.2 Å². The zero-order valence-corrected chi connectivity index (χ0v) is 48.4. The van der Waals surface area contributed by atoms with Crippen molar-refractivity contribution in [2.45, 2.75) is 90.4 Å². The minimum Gasteiger partial charge on any atom is -0.508 e. The molecule has 0 aliphatic carbocycles. The highest BCUT2D eigenvalue weighted by molar-refractivity contribution is 7.13. The van der Waals surface area contributed by atoms with Gasteiger partial charge in [0, 0.05) is 61.6 Å². The molecule has 0 unspecified atom stereocenters. The number of aryl methyl sites for hydroxylation is 1. The summed E-state index contributed by atoms with van der Waals surface area (Å²) in [5.41, 5.74) is 4.72. The van der Waals surface area contributed by atoms with E-state index in [0.29, 0.717) is 48.3 Å². The quantitative estimate of drug-likeness (QED) is 0.0680. The molecule has 0 saturated carbocycles. The number of nitrogens with zero attached hydrogens (tertiary/aromatic N) is 9. The van der Waals surface area contributed by atoms with E-state index in [1.807, 2.05) is 63.5 Å². The fourth-order valence-electron chi connectivity index (χ4n) is 11.5. The number of anilines is 1. The Bertz CT molecular complexity index is 3620. The second-order valence-corrected chi connectivity index (χ2v) is 23.7. The predicted octanol–water partition coefficient (Wildman–Crippen LogP) is 9.92. The van der Waals surface area contributed by atoms with Crippen LogP contribution in [0.2, 0.25) is 5.02 Å². The Balaban J connectivity index is 0.778. The van der Waals surface area contributed by atoms with Crippen LogP contribution in [0.4, 0.5) is 14.6 Å². The number of fused-ring (bicyclic) bond motifs is 2. The monoisotopic (exact) mass is 1170 g/mol. The number of aromatic hydroxyl groups is 1. The first-order valence-corrected chi connectivity index (χ1v) is 29.0. The number of hydrogen-bond acceptors (Lipinski definition) is 16. The summed E-state index contributed by atoms with van der Waals surface area (Å²) >= 11 is 8.52. The highest BCUT2D eigenvalue weighted by Crippen LogP contribution is 2.43. The maximum Gasteiger partial charge on any atom is 0.319 e. The van der Waals surface area contributed by atoms with Gasteiger partial charge in [0.2, 0.25) is 11.8 Å². The normalized spacial score (nSPS) is 19.0. The molecule has 3 fully saturated rings. The second-order valence-electron chi connectivity index (χ2n) is 22.4. The molecule has 6 heterocycles. The lowest BCUT2D eigenvalue weighted by atomic mass is 9.81. The lowest BCUT2D eigenvalue weighted by Crippen LogP contribution is -2.55. The van der Waals surface area contributed by atoms with Crippen LogP contribution in [0.5, 0.6) is 17.6 Å². The van der Waals surface area contributed by atoms with Gasteiger partial charge in [-0.2, -0.15) is 15.2 Å². The van der Waals surface area contributed by atoms with E-state index in [0.717, 1.165) is 34.5 Å². The lowest BCUT2D eigenvalue weighted by Gasteiger charge is -2.41. The Morgan fingerprint density at radius 2 is 1.76 bits per heavy atom. The van der Waals surface area contributed by atoms with Crippen molar-refractivity contribution in [2.75, 3.05) is 63.9 Å². The molecule has 83 heavy (non-hydrogen) atoms. The summed E-state index contributed by atoms with van der Waals surface area (Å²) in [5, 5.41) is 40.1. The molecular weight excluding hydrogens is 1110 g/mol. The van der Waals surface area contributed by atoms with E-state index in [-0.39, 0.29) is 120 Å². The first kappa shape index (κ1) is 58.4. The van der Waals surface area contributed by atoms with E-state index < -0.39 is 41.7 Å². The van der Waals surface area contributed by atoms with Crippen molar-refractivity contribution in [2.24, 2.45) is 11.3 Å². The summed E-state index contributed by atoms with van der Waals surface area (Å²) in [6, 6.07) is 21.4. The first-order valence-electron chi connectivity index (χ1n) is 27.7. The highest BCUT2D eigenvalue weighted by atomic mass is 35.5. The zero-order chi connectivity index (χ0) is 58.9. The molecule has 0 bridgehead atoms. The number of carbonyl (C=O) groups is 3. The number of aliphatic hydroxyl groups excluding tert-OH is 1. The Morgan fingerprint density at radius 3 is 2.47 bits per heavy atom. The maximum atomic E-state index is 17.3. The summed E-state index contributed by atoms with van der Waals surface area (Å²) in [7, 11) is 0. The molecule has 7 aromatic rings. The number of piperazine rings is 1. The molecule has 3 amide bonds. The molecule has 5 atom stereocenters. The minimum absolute atomic E-state index is 0.00128. The van der Waals surface area contributed by atoms with E-state index >= 15 is 4.39 Å². The largest absolute Gasteiger partial charge is 0.508 e. The molecule has 22 heteroatoms. The van der Waals surface area contributed by atoms with Gasteiger partial charge in [-0.1, -0.05) is 87.5 Å². The number of phenolic OH excluding ortho intramolecular Hbond substituents is 1. The van der Waals surface area contributed by atoms with Crippen LogP contribution in [0.1, 0.15) is 82.4 Å². The van der Waals surface area contributed by atoms with Crippen LogP contribution >= 0.6 is 22.9 Å². The molecule has 3 aliphatic heterocycles. The zero-order valence-electron chi connectivity index (χ0n) is 46.8. The minimum atomic E-state index is -1.14. The van der Waals surface area contributed by atoms with E-state index in [1.54, 1.807) is 52.6 Å². The molecule has 3 saturated heterocycles. The standard InChI is InChI=1S/C61H65ClF2N10O8S/c1-34(2)51(59(79)74-31-43(76)27-48(74)57(77)67-36(4)38-11-13-39(14-12-38)55-37(5)66-33-83-55)49-29-50(70-82-49)81-32-61(6)16-19-71(20-17-61)23-24-80-60-68-54-46(56(69-60)72-21-22-73(58(78)35(3)63)41(30-72)15-18-65)28-47(62)52(53(54)64)45-26-42(75)25-40-9-7-8-10-44(40)45/h7-14,25-26,28-29,33-34,36,41,43,48,51,75-76H,3,15-17,19-24,27,30-32H2,1-2,4-6H3,(H,67,77)/t36-,41-,43+,48-,51+/m0/s1. The number of aliphatic hydroxyl groups is 1. The number of nitriles is 1. The van der Waals surface area contributed by atoms with Crippen molar-refractivity contribution in [3.05, 3.63) is 119 Å². The van der Waals surface area contributed by atoms with Gasteiger partial charge in [0.15, 0.2) is 17.4 Å². The van der Waals surface area contributed by atoms with Crippen LogP contribution in [0.3, 0.4) is 0 Å². The van der Waals surface area contributed by atoms with Gasteiger partial charge in [-0.3, -0.25) is 19.3 Å². The number of hydrogen-bond donors (Lipinski definition) is 3. The molecule has 18 nitrogen and oxygen atoms in total. The maximum absolute atomic E-state index is 17.3. The fraction of sp³-hybridized carbons (Fsp3) is 0.410. The Labute approximate surface area is 488 Å². The van der Waals surface area contributed by atoms with Crippen LogP contribution in [0.15, 0.2) is 95.2 Å². The third-order valence-corrected chi connectivity index (χ3v) is 17.5. The van der Waals surface area contributed by atoms with Gasteiger partial charge in [0.05, 0.1) is 58.4 Å². The number of rotatable bonds is 18. The molecule has 0 radical (unpaired) electrons. The topological polar surface area (TPSA) is 224 Å². The molecule has 0 spiro atoms. The summed E-state index contributed by atoms with van der Waals surface area (Å²) in [5.74, 6) is -3.88. The van der Waals surface area contributed by atoms with Crippen LogP contribution < -0.4 is 19.7 Å². The van der Waals surface area contributed by atoms with Crippen molar-refractivity contribution in [1.82, 2.24) is 40.1 Å². The number of phenols is 1.